The normalized spacial score (nSPS) is 16.5. The van der Waals surface area contributed by atoms with Gasteiger partial charge in [0.05, 0.1) is 12.2 Å². The van der Waals surface area contributed by atoms with Gasteiger partial charge in [0.1, 0.15) is 5.82 Å². The molecule has 0 radical (unpaired) electrons. The minimum absolute atomic E-state index is 0.0430. The largest absolute Gasteiger partial charge is 0.417 e. The number of benzene rings is 2. The summed E-state index contributed by atoms with van der Waals surface area (Å²) < 4.78 is 70.3. The number of aryl methyl sites for hydroxylation is 1. The van der Waals surface area contributed by atoms with Gasteiger partial charge in [0.25, 0.3) is 0 Å². The van der Waals surface area contributed by atoms with E-state index < -0.39 is 20.0 Å². The summed E-state index contributed by atoms with van der Waals surface area (Å²) in [5.41, 5.74) is 1.99. The molecule has 1 atom stereocenters. The maximum atomic E-state index is 13.9. The van der Waals surface area contributed by atoms with Gasteiger partial charge in [-0.3, -0.25) is 4.57 Å². The topological polar surface area (TPSA) is 58.6 Å². The Bertz CT molecular complexity index is 1040. The molecule has 0 amide bonds. The van der Waals surface area contributed by atoms with E-state index in [2.05, 4.69) is 9.84 Å². The van der Waals surface area contributed by atoms with E-state index >= 15 is 0 Å². The first-order valence-corrected chi connectivity index (χ1v) is 15.5. The highest BCUT2D eigenvalue weighted by atomic mass is 32.2. The molecule has 38 heavy (non-hydrogen) atoms. The molecular weight excluding hydrogens is 537 g/mol. The molecule has 0 aliphatic heterocycles. The molecule has 3 rings (SSSR count). The summed E-state index contributed by atoms with van der Waals surface area (Å²) in [6.45, 7) is 2.68. The predicted octanol–water partition coefficient (Wildman–Crippen LogP) is 8.20. The smallest absolute Gasteiger partial charge is 0.326 e. The first-order valence-electron chi connectivity index (χ1n) is 13.3. The van der Waals surface area contributed by atoms with Crippen molar-refractivity contribution >= 4 is 20.0 Å². The van der Waals surface area contributed by atoms with Crippen LogP contribution >= 0.6 is 20.0 Å². The Labute approximate surface area is 227 Å². The summed E-state index contributed by atoms with van der Waals surface area (Å²) >= 11 is 1.26. The summed E-state index contributed by atoms with van der Waals surface area (Å²) in [6, 6.07) is 9.72. The van der Waals surface area contributed by atoms with Crippen molar-refractivity contribution < 1.29 is 31.5 Å². The second-order valence-electron chi connectivity index (χ2n) is 10.1. The van der Waals surface area contributed by atoms with Crippen LogP contribution in [0.15, 0.2) is 41.3 Å². The zero-order valence-corrected chi connectivity index (χ0v) is 23.7. The average Bonchev–Trinajstić information content (AvgIpc) is 2.87. The van der Waals surface area contributed by atoms with Gasteiger partial charge in [-0.05, 0) is 97.7 Å². The molecule has 1 saturated carbocycles. The van der Waals surface area contributed by atoms with Gasteiger partial charge in [-0.25, -0.2) is 4.39 Å². The summed E-state index contributed by atoms with van der Waals surface area (Å²) in [5.74, 6) is 0.369. The van der Waals surface area contributed by atoms with Crippen molar-refractivity contribution in [2.24, 2.45) is 0 Å². The highest BCUT2D eigenvalue weighted by Gasteiger charge is 2.35. The third-order valence-corrected chi connectivity index (χ3v) is 8.95. The molecule has 2 N–H and O–H groups in total. The van der Waals surface area contributed by atoms with E-state index in [0.717, 1.165) is 50.5 Å². The highest BCUT2D eigenvalue weighted by Crippen LogP contribution is 2.44. The van der Waals surface area contributed by atoms with E-state index in [1.807, 2.05) is 19.1 Å². The first-order chi connectivity index (χ1) is 18.1. The lowest BCUT2D eigenvalue weighted by atomic mass is 9.67. The molecule has 0 bridgehead atoms. The number of nitrogens with one attached hydrogen (secondary N) is 1. The van der Waals surface area contributed by atoms with Gasteiger partial charge in [-0.15, -0.1) is 11.8 Å². The number of unbranched alkanes of at least 4 members (excludes halogenated alkanes) is 1. The summed E-state index contributed by atoms with van der Waals surface area (Å²) in [6.07, 6.45) is 4.41. The van der Waals surface area contributed by atoms with Crippen LogP contribution in [0.25, 0.3) is 0 Å². The first kappa shape index (κ1) is 31.2. The number of hydrogen-bond acceptors (Lipinski definition) is 4. The third-order valence-electron chi connectivity index (χ3n) is 7.36. The van der Waals surface area contributed by atoms with E-state index in [9.17, 15) is 22.1 Å². The second-order valence-corrected chi connectivity index (χ2v) is 12.0. The van der Waals surface area contributed by atoms with E-state index in [1.54, 1.807) is 6.07 Å². The van der Waals surface area contributed by atoms with E-state index in [-0.39, 0.29) is 29.3 Å². The zero-order valence-electron chi connectivity index (χ0n) is 21.8. The summed E-state index contributed by atoms with van der Waals surface area (Å²) in [4.78, 5) is 8.91. The Kier molecular flexibility index (Phi) is 12.2. The van der Waals surface area contributed by atoms with Crippen LogP contribution in [0.3, 0.4) is 0 Å². The number of alkyl halides is 3. The Morgan fingerprint density at radius 2 is 1.79 bits per heavy atom. The molecule has 2 aromatic carbocycles. The standard InChI is InChI=1S/C28H38F4NO3PS/c1-21-18-26(25(28(30,31)32)19-22(21)20-33-15-7-16-36-37(34)35)38-17-6-5-14-27(12-3-2-4-13-27)23-8-10-24(29)11-9-23/h8-11,18-19,33,37H,2-7,12-17,20H2,1H3,(H,34,35). The molecule has 10 heteroatoms. The van der Waals surface area contributed by atoms with E-state index in [0.29, 0.717) is 24.3 Å². The molecule has 0 saturated heterocycles. The molecule has 0 aromatic heterocycles. The molecule has 2 aromatic rings. The fraction of sp³-hybridized carbons (Fsp3) is 0.571. The molecule has 0 spiro atoms. The van der Waals surface area contributed by atoms with E-state index in [1.165, 1.54) is 41.9 Å². The molecule has 212 valence electrons. The maximum absolute atomic E-state index is 13.9. The van der Waals surface area contributed by atoms with Crippen LogP contribution in [-0.4, -0.2) is 23.8 Å². The van der Waals surface area contributed by atoms with Crippen LogP contribution in [-0.2, 0) is 27.2 Å². The van der Waals surface area contributed by atoms with Crippen LogP contribution in [0.1, 0.15) is 80.0 Å². The second kappa shape index (κ2) is 14.8. The van der Waals surface area contributed by atoms with Gasteiger partial charge in [0.15, 0.2) is 0 Å². The lowest BCUT2D eigenvalue weighted by molar-refractivity contribution is -0.139. The minimum atomic E-state index is -4.44. The van der Waals surface area contributed by atoms with Crippen molar-refractivity contribution in [3.8, 4) is 0 Å². The molecule has 1 unspecified atom stereocenters. The van der Waals surface area contributed by atoms with Crippen LogP contribution in [0.4, 0.5) is 17.6 Å². The van der Waals surface area contributed by atoms with Crippen molar-refractivity contribution in [1.29, 1.82) is 0 Å². The van der Waals surface area contributed by atoms with Crippen molar-refractivity contribution in [2.45, 2.75) is 87.7 Å². The van der Waals surface area contributed by atoms with Gasteiger partial charge < -0.3 is 14.7 Å². The molecule has 0 heterocycles. The Balaban J connectivity index is 1.56. The molecule has 1 aliphatic rings. The fourth-order valence-electron chi connectivity index (χ4n) is 5.30. The van der Waals surface area contributed by atoms with Gasteiger partial charge in [0.2, 0.25) is 0 Å². The Hall–Kier alpha value is -1.38. The van der Waals surface area contributed by atoms with Gasteiger partial charge >= 0.3 is 14.4 Å². The van der Waals surface area contributed by atoms with Crippen LogP contribution in [0.5, 0.6) is 0 Å². The predicted molar refractivity (Wildman–Crippen MR) is 145 cm³/mol. The number of hydrogen-bond donors (Lipinski definition) is 2. The highest BCUT2D eigenvalue weighted by molar-refractivity contribution is 7.99. The Morgan fingerprint density at radius 1 is 1.08 bits per heavy atom. The van der Waals surface area contributed by atoms with Gasteiger partial charge in [-0.1, -0.05) is 37.8 Å². The minimum Gasteiger partial charge on any atom is -0.326 e. The number of rotatable bonds is 14. The number of halogens is 4. The van der Waals surface area contributed by atoms with Crippen molar-refractivity contribution in [1.82, 2.24) is 5.32 Å². The van der Waals surface area contributed by atoms with Crippen LogP contribution in [0.2, 0.25) is 0 Å². The lowest BCUT2D eigenvalue weighted by Crippen LogP contribution is -2.29. The molecular formula is C28H38F4NO3PS. The molecule has 4 nitrogen and oxygen atoms in total. The van der Waals surface area contributed by atoms with Gasteiger partial charge in [0, 0.05) is 11.4 Å². The SMILES string of the molecule is Cc1cc(SCCCCC2(c3ccc(F)cc3)CCCCC2)c(C(F)(F)F)cc1CNCCCO[PH](=O)O. The van der Waals surface area contributed by atoms with Crippen molar-refractivity contribution in [2.75, 3.05) is 18.9 Å². The number of thioether (sulfide) groups is 1. The quantitative estimate of drug-likeness (QED) is 0.103. The third kappa shape index (κ3) is 9.37. The summed E-state index contributed by atoms with van der Waals surface area (Å²) in [5, 5.41) is 3.08. The van der Waals surface area contributed by atoms with Gasteiger partial charge in [-0.2, -0.15) is 13.2 Å². The zero-order chi connectivity index (χ0) is 27.6. The monoisotopic (exact) mass is 575 g/mol. The summed E-state index contributed by atoms with van der Waals surface area (Å²) in [7, 11) is -2.96. The van der Waals surface area contributed by atoms with Crippen LogP contribution < -0.4 is 5.32 Å². The van der Waals surface area contributed by atoms with E-state index in [4.69, 9.17) is 4.89 Å². The average molecular weight is 576 g/mol. The van der Waals surface area contributed by atoms with Crippen molar-refractivity contribution in [3.63, 3.8) is 0 Å². The van der Waals surface area contributed by atoms with Crippen molar-refractivity contribution in [3.05, 3.63) is 64.5 Å². The fourth-order valence-corrected chi connectivity index (χ4v) is 6.78. The maximum Gasteiger partial charge on any atom is 0.417 e. The molecule has 1 aliphatic carbocycles. The Morgan fingerprint density at radius 3 is 2.45 bits per heavy atom. The van der Waals surface area contributed by atoms with Crippen LogP contribution in [0, 0.1) is 12.7 Å². The molecule has 1 fully saturated rings. The lowest BCUT2D eigenvalue weighted by Gasteiger charge is -2.38.